The Hall–Kier alpha value is -0.430. The first kappa shape index (κ1) is 14.0. The van der Waals surface area contributed by atoms with Gasteiger partial charge in [-0.1, -0.05) is 13.0 Å². The van der Waals surface area contributed by atoms with Gasteiger partial charge in [0.2, 0.25) is 10.0 Å². The van der Waals surface area contributed by atoms with Crippen LogP contribution in [0.25, 0.3) is 0 Å². The van der Waals surface area contributed by atoms with Crippen molar-refractivity contribution in [2.45, 2.75) is 38.3 Å². The van der Waals surface area contributed by atoms with Gasteiger partial charge in [-0.15, -0.1) is 11.3 Å². The van der Waals surface area contributed by atoms with Crippen molar-refractivity contribution in [3.63, 3.8) is 0 Å². The minimum atomic E-state index is -3.19. The molecule has 1 saturated carbocycles. The van der Waals surface area contributed by atoms with Crippen LogP contribution in [-0.2, 0) is 10.0 Å². The maximum absolute atomic E-state index is 12.0. The molecule has 18 heavy (non-hydrogen) atoms. The van der Waals surface area contributed by atoms with E-state index in [1.807, 2.05) is 24.4 Å². The van der Waals surface area contributed by atoms with Crippen LogP contribution >= 0.6 is 11.3 Å². The number of sulfonamides is 1. The number of hydrogen-bond donors (Lipinski definition) is 2. The van der Waals surface area contributed by atoms with Gasteiger partial charge in [0.25, 0.3) is 0 Å². The van der Waals surface area contributed by atoms with Crippen LogP contribution in [0.5, 0.6) is 0 Å². The first-order valence-corrected chi connectivity index (χ1v) is 8.90. The molecular formula is C12H20N2O2S2. The average molecular weight is 288 g/mol. The average Bonchev–Trinajstić information content (AvgIpc) is 2.98. The zero-order valence-electron chi connectivity index (χ0n) is 10.6. The highest BCUT2D eigenvalue weighted by Crippen LogP contribution is 2.22. The predicted octanol–water partition coefficient (Wildman–Crippen LogP) is 1.87. The van der Waals surface area contributed by atoms with E-state index in [0.717, 1.165) is 11.3 Å². The summed E-state index contributed by atoms with van der Waals surface area (Å²) < 4.78 is 26.7. The van der Waals surface area contributed by atoms with E-state index in [2.05, 4.69) is 10.0 Å². The van der Waals surface area contributed by atoms with Gasteiger partial charge < -0.3 is 5.32 Å². The van der Waals surface area contributed by atoms with Crippen LogP contribution in [0.4, 0.5) is 0 Å². The molecule has 2 N–H and O–H groups in total. The third-order valence-corrected chi connectivity index (χ3v) is 5.37. The molecule has 0 aliphatic heterocycles. The molecule has 102 valence electrons. The quantitative estimate of drug-likeness (QED) is 0.768. The lowest BCUT2D eigenvalue weighted by molar-refractivity contribution is 0.549. The monoisotopic (exact) mass is 288 g/mol. The molecule has 6 heteroatoms. The van der Waals surface area contributed by atoms with Gasteiger partial charge in [0, 0.05) is 17.5 Å². The van der Waals surface area contributed by atoms with Gasteiger partial charge in [0.1, 0.15) is 0 Å². The summed E-state index contributed by atoms with van der Waals surface area (Å²) in [5, 5.41) is 5.20. The predicted molar refractivity (Wildman–Crippen MR) is 75.3 cm³/mol. The van der Waals surface area contributed by atoms with Crippen molar-refractivity contribution in [3.8, 4) is 0 Å². The van der Waals surface area contributed by atoms with Gasteiger partial charge in [-0.2, -0.15) is 0 Å². The Morgan fingerprint density at radius 1 is 1.50 bits per heavy atom. The fourth-order valence-corrected chi connectivity index (χ4v) is 3.96. The molecule has 1 aliphatic rings. The lowest BCUT2D eigenvalue weighted by Gasteiger charge is -2.15. The van der Waals surface area contributed by atoms with Crippen molar-refractivity contribution < 1.29 is 8.42 Å². The molecule has 0 radical (unpaired) electrons. The first-order chi connectivity index (χ1) is 8.61. The molecule has 4 nitrogen and oxygen atoms in total. The van der Waals surface area contributed by atoms with E-state index in [1.54, 1.807) is 11.3 Å². The maximum atomic E-state index is 12.0. The van der Waals surface area contributed by atoms with E-state index < -0.39 is 10.0 Å². The Bertz CT molecular complexity index is 452. The van der Waals surface area contributed by atoms with Crippen LogP contribution in [-0.4, -0.2) is 26.8 Å². The van der Waals surface area contributed by atoms with Crippen LogP contribution in [0.15, 0.2) is 17.5 Å². The highest BCUT2D eigenvalue weighted by Gasteiger charge is 2.22. The zero-order chi connectivity index (χ0) is 13.0. The third-order valence-electron chi connectivity index (χ3n) is 3.00. The molecular weight excluding hydrogens is 268 g/mol. The topological polar surface area (TPSA) is 58.2 Å². The molecule has 1 heterocycles. The molecule has 1 fully saturated rings. The molecule has 1 aliphatic carbocycles. The van der Waals surface area contributed by atoms with Gasteiger partial charge in [-0.25, -0.2) is 13.1 Å². The summed E-state index contributed by atoms with van der Waals surface area (Å²) in [4.78, 5) is 1.08. The summed E-state index contributed by atoms with van der Waals surface area (Å²) >= 11 is 1.59. The van der Waals surface area contributed by atoms with Crippen LogP contribution in [0.2, 0.25) is 0 Å². The number of hydrogen-bond acceptors (Lipinski definition) is 4. The van der Waals surface area contributed by atoms with Crippen molar-refractivity contribution in [2.75, 3.05) is 12.3 Å². The van der Waals surface area contributed by atoms with Gasteiger partial charge in [-0.05, 0) is 30.7 Å². The Morgan fingerprint density at radius 3 is 2.83 bits per heavy atom. The second kappa shape index (κ2) is 6.14. The summed E-state index contributed by atoms with van der Waals surface area (Å²) in [5.74, 6) is 0.158. The lowest BCUT2D eigenvalue weighted by atomic mass is 10.2. The first-order valence-electron chi connectivity index (χ1n) is 6.37. The molecule has 2 rings (SSSR count). The van der Waals surface area contributed by atoms with Crippen LogP contribution in [0, 0.1) is 0 Å². The van der Waals surface area contributed by atoms with Crippen LogP contribution in [0.3, 0.4) is 0 Å². The molecule has 0 spiro atoms. The molecule has 0 amide bonds. The molecule has 0 saturated heterocycles. The Balaban J connectivity index is 1.84. The smallest absolute Gasteiger partial charge is 0.213 e. The molecule has 1 unspecified atom stereocenters. The molecule has 1 aromatic heterocycles. The van der Waals surface area contributed by atoms with Crippen molar-refractivity contribution in [2.24, 2.45) is 0 Å². The summed E-state index contributed by atoms with van der Waals surface area (Å²) in [5.41, 5.74) is 0. The minimum absolute atomic E-state index is 0.0871. The Labute approximate surface area is 113 Å². The number of rotatable bonds is 8. The summed E-state index contributed by atoms with van der Waals surface area (Å²) in [6, 6.07) is 4.39. The fourth-order valence-electron chi connectivity index (χ4n) is 1.79. The van der Waals surface area contributed by atoms with Crippen molar-refractivity contribution in [1.82, 2.24) is 10.0 Å². The normalized spacial score (nSPS) is 17.8. The van der Waals surface area contributed by atoms with Crippen molar-refractivity contribution in [3.05, 3.63) is 22.4 Å². The van der Waals surface area contributed by atoms with Gasteiger partial charge >= 0.3 is 0 Å². The molecule has 1 aromatic rings. The molecule has 0 bridgehead atoms. The summed E-state index contributed by atoms with van der Waals surface area (Å²) in [6.07, 6.45) is 3.14. The number of thiophene rings is 1. The largest absolute Gasteiger partial charge is 0.313 e. The molecule has 1 atom stereocenters. The van der Waals surface area contributed by atoms with Crippen molar-refractivity contribution >= 4 is 21.4 Å². The standard InChI is InChI=1S/C12H20N2O2S2/c1-2-11(12-4-3-8-17-12)14-18(15,16)9-7-13-10-5-6-10/h3-4,8,10-11,13-14H,2,5-7,9H2,1H3. The lowest BCUT2D eigenvalue weighted by Crippen LogP contribution is -2.34. The molecule has 0 aromatic carbocycles. The second-order valence-corrected chi connectivity index (χ2v) is 7.49. The van der Waals surface area contributed by atoms with Crippen LogP contribution < -0.4 is 10.0 Å². The van der Waals surface area contributed by atoms with Crippen molar-refractivity contribution in [1.29, 1.82) is 0 Å². The van der Waals surface area contributed by atoms with E-state index in [-0.39, 0.29) is 11.8 Å². The fraction of sp³-hybridized carbons (Fsp3) is 0.667. The van der Waals surface area contributed by atoms with E-state index in [0.29, 0.717) is 12.6 Å². The Morgan fingerprint density at radius 2 is 2.28 bits per heavy atom. The van der Waals surface area contributed by atoms with Gasteiger partial charge in [-0.3, -0.25) is 0 Å². The van der Waals surface area contributed by atoms with E-state index in [1.165, 1.54) is 12.8 Å². The third kappa shape index (κ3) is 4.35. The zero-order valence-corrected chi connectivity index (χ0v) is 12.2. The van der Waals surface area contributed by atoms with E-state index in [4.69, 9.17) is 0 Å². The van der Waals surface area contributed by atoms with E-state index >= 15 is 0 Å². The highest BCUT2D eigenvalue weighted by molar-refractivity contribution is 7.89. The second-order valence-electron chi connectivity index (χ2n) is 4.64. The minimum Gasteiger partial charge on any atom is -0.313 e. The Kier molecular flexibility index (Phi) is 4.77. The van der Waals surface area contributed by atoms with Gasteiger partial charge in [0.15, 0.2) is 0 Å². The van der Waals surface area contributed by atoms with Crippen LogP contribution in [0.1, 0.15) is 37.1 Å². The van der Waals surface area contributed by atoms with E-state index in [9.17, 15) is 8.42 Å². The maximum Gasteiger partial charge on any atom is 0.213 e. The van der Waals surface area contributed by atoms with Gasteiger partial charge in [0.05, 0.1) is 11.8 Å². The highest BCUT2D eigenvalue weighted by atomic mass is 32.2. The summed E-state index contributed by atoms with van der Waals surface area (Å²) in [6.45, 7) is 2.54. The number of nitrogens with one attached hydrogen (secondary N) is 2. The SMILES string of the molecule is CCC(NS(=O)(=O)CCNC1CC1)c1cccs1. The summed E-state index contributed by atoms with van der Waals surface area (Å²) in [7, 11) is -3.19.